The summed E-state index contributed by atoms with van der Waals surface area (Å²) >= 11 is 0. The van der Waals surface area contributed by atoms with E-state index in [-0.39, 0.29) is 86.2 Å². The molecule has 264 valence electrons. The molecule has 0 atom stereocenters. The molecular formula is C35H24N4Na2O10S3. The zero-order valence-electron chi connectivity index (χ0n) is 28.7. The van der Waals surface area contributed by atoms with Crippen molar-refractivity contribution < 1.29 is 103 Å². The number of fused-ring (bicyclic) bond motifs is 1. The second-order valence-corrected chi connectivity index (χ2v) is 15.5. The number of rotatable bonds is 10. The molecule has 0 saturated heterocycles. The zero-order chi connectivity index (χ0) is 37.3. The summed E-state index contributed by atoms with van der Waals surface area (Å²) in [6.07, 6.45) is 0. The van der Waals surface area contributed by atoms with E-state index in [4.69, 9.17) is 4.18 Å². The van der Waals surface area contributed by atoms with Crippen molar-refractivity contribution in [2.45, 2.75) is 21.6 Å². The normalized spacial score (nSPS) is 12.1. The van der Waals surface area contributed by atoms with Gasteiger partial charge in [0.05, 0.1) is 27.6 Å². The van der Waals surface area contributed by atoms with Crippen molar-refractivity contribution in [1.29, 1.82) is 0 Å². The molecule has 1 N–H and O–H groups in total. The van der Waals surface area contributed by atoms with Crippen molar-refractivity contribution >= 4 is 63.9 Å². The van der Waals surface area contributed by atoms with Crippen LogP contribution >= 0.6 is 0 Å². The van der Waals surface area contributed by atoms with E-state index in [1.165, 1.54) is 24.3 Å². The van der Waals surface area contributed by atoms with Crippen LogP contribution in [-0.4, -0.2) is 34.4 Å². The number of aryl methyl sites for hydroxylation is 1. The summed E-state index contributed by atoms with van der Waals surface area (Å²) in [6, 6.07) is 29.7. The average molecular weight is 803 g/mol. The predicted octanol–water partition coefficient (Wildman–Crippen LogP) is 1.65. The van der Waals surface area contributed by atoms with Gasteiger partial charge in [-0.2, -0.15) is 32.2 Å². The maximum Gasteiger partial charge on any atom is 1.00 e. The maximum absolute atomic E-state index is 13.1. The van der Waals surface area contributed by atoms with E-state index >= 15 is 0 Å². The summed E-state index contributed by atoms with van der Waals surface area (Å²) in [5.74, 6) is -0.826. The zero-order valence-corrected chi connectivity index (χ0v) is 35.1. The Kier molecular flexibility index (Phi) is 13.7. The number of azo groups is 2. The second-order valence-electron chi connectivity index (χ2n) is 11.2. The van der Waals surface area contributed by atoms with E-state index in [1.807, 2.05) is 6.92 Å². The van der Waals surface area contributed by atoms with Gasteiger partial charge in [0.1, 0.15) is 25.7 Å². The monoisotopic (exact) mass is 802 g/mol. The van der Waals surface area contributed by atoms with Crippen molar-refractivity contribution in [2.24, 2.45) is 20.5 Å². The van der Waals surface area contributed by atoms with E-state index in [1.54, 1.807) is 72.8 Å². The van der Waals surface area contributed by atoms with Gasteiger partial charge in [-0.3, -0.25) is 4.55 Å². The molecule has 0 aromatic heterocycles. The van der Waals surface area contributed by atoms with Crippen LogP contribution in [0.25, 0.3) is 21.9 Å². The van der Waals surface area contributed by atoms with Gasteiger partial charge in [0.2, 0.25) is 0 Å². The fourth-order valence-electron chi connectivity index (χ4n) is 4.88. The van der Waals surface area contributed by atoms with Crippen LogP contribution in [0.15, 0.2) is 156 Å². The molecule has 0 fully saturated rings. The fraction of sp³-hybridized carbons (Fsp3) is 0.0286. The van der Waals surface area contributed by atoms with Crippen molar-refractivity contribution in [3.63, 3.8) is 0 Å². The van der Waals surface area contributed by atoms with E-state index in [9.17, 15) is 39.5 Å². The minimum atomic E-state index is -5.01. The van der Waals surface area contributed by atoms with Crippen molar-refractivity contribution in [1.82, 2.24) is 0 Å². The van der Waals surface area contributed by atoms with Crippen LogP contribution in [0.2, 0.25) is 0 Å². The maximum atomic E-state index is 13.1. The van der Waals surface area contributed by atoms with Crippen LogP contribution in [0.5, 0.6) is 11.5 Å². The minimum absolute atomic E-state index is 0. The van der Waals surface area contributed by atoms with Crippen LogP contribution in [0.1, 0.15) is 5.56 Å². The third-order valence-corrected chi connectivity index (χ3v) is 10.5. The van der Waals surface area contributed by atoms with Crippen LogP contribution < -0.4 is 68.4 Å². The van der Waals surface area contributed by atoms with E-state index in [0.29, 0.717) is 11.4 Å². The Morgan fingerprint density at radius 3 is 1.54 bits per heavy atom. The number of benzene rings is 6. The molecule has 0 aliphatic heterocycles. The fourth-order valence-corrected chi connectivity index (χ4v) is 6.97. The molecule has 0 unspecified atom stereocenters. The quantitative estimate of drug-likeness (QED) is 0.0912. The first-order chi connectivity index (χ1) is 24.6. The van der Waals surface area contributed by atoms with E-state index < -0.39 is 51.6 Å². The van der Waals surface area contributed by atoms with Gasteiger partial charge >= 0.3 is 69.2 Å². The van der Waals surface area contributed by atoms with Gasteiger partial charge in [0.15, 0.2) is 0 Å². The Bertz CT molecular complexity index is 2710. The standard InChI is InChI=1S/C35H26N4O10S3.2Na/c1-22-2-16-30(17-3-22)52(47,48)49-29-14-12-28(13-15-29)37-36-26-8-4-23(5-9-26)24-6-10-27(11-7-24)38-39-34-33(51(44,45)46)21-25-20-31(50(41,42)43)18-19-32(25)35(34)40;;/h2-21,40H,1H3,(H,41,42,43)(H,44,45,46);;/q;2*+1/p-2. The second kappa shape index (κ2) is 17.3. The molecule has 54 heavy (non-hydrogen) atoms. The predicted molar refractivity (Wildman–Crippen MR) is 187 cm³/mol. The molecule has 0 aliphatic rings. The van der Waals surface area contributed by atoms with Crippen LogP contribution in [0, 0.1) is 6.92 Å². The molecular weight excluding hydrogens is 779 g/mol. The Morgan fingerprint density at radius 2 is 1.06 bits per heavy atom. The van der Waals surface area contributed by atoms with Crippen LogP contribution in [0.4, 0.5) is 22.7 Å². The Morgan fingerprint density at radius 1 is 0.593 bits per heavy atom. The van der Waals surface area contributed by atoms with Gasteiger partial charge in [0, 0.05) is 0 Å². The van der Waals surface area contributed by atoms with Crippen LogP contribution in [-0.2, 0) is 30.4 Å². The largest absolute Gasteiger partial charge is 1.00 e. The summed E-state index contributed by atoms with van der Waals surface area (Å²) in [6.45, 7) is 1.85. The molecule has 0 radical (unpaired) electrons. The first kappa shape index (κ1) is 42.9. The molecule has 6 aromatic carbocycles. The first-order valence-electron chi connectivity index (χ1n) is 14.9. The summed E-state index contributed by atoms with van der Waals surface area (Å²) in [4.78, 5) is -1.54. The van der Waals surface area contributed by atoms with Gasteiger partial charge in [-0.1, -0.05) is 53.8 Å². The number of hydrogen-bond acceptors (Lipinski definition) is 13. The molecule has 6 rings (SSSR count). The number of nitrogens with zero attached hydrogens (tertiary/aromatic N) is 4. The molecule has 0 saturated carbocycles. The van der Waals surface area contributed by atoms with Gasteiger partial charge in [-0.25, -0.2) is 8.42 Å². The third kappa shape index (κ3) is 10.3. The van der Waals surface area contributed by atoms with Gasteiger partial charge in [-0.05, 0) is 108 Å². The minimum Gasteiger partial charge on any atom is -0.871 e. The topological polar surface area (TPSA) is 227 Å². The molecule has 6 aromatic rings. The smallest absolute Gasteiger partial charge is 0.871 e. The van der Waals surface area contributed by atoms with Gasteiger partial charge < -0.3 is 13.8 Å². The van der Waals surface area contributed by atoms with Crippen LogP contribution in [0.3, 0.4) is 0 Å². The molecule has 0 aliphatic carbocycles. The average Bonchev–Trinajstić information content (AvgIpc) is 3.10. The molecule has 19 heteroatoms. The van der Waals surface area contributed by atoms with E-state index in [2.05, 4.69) is 20.5 Å². The van der Waals surface area contributed by atoms with Gasteiger partial charge in [0.25, 0.3) is 10.1 Å². The molecule has 0 heterocycles. The molecule has 0 amide bonds. The third-order valence-electron chi connectivity index (χ3n) is 7.54. The van der Waals surface area contributed by atoms with E-state index in [0.717, 1.165) is 41.0 Å². The Balaban J connectivity index is 0.00000325. The summed E-state index contributed by atoms with van der Waals surface area (Å²) in [7, 11) is -13.9. The molecule has 14 nitrogen and oxygen atoms in total. The first-order valence-corrected chi connectivity index (χ1v) is 19.2. The summed E-state index contributed by atoms with van der Waals surface area (Å²) in [5.41, 5.74) is 3.06. The number of hydrogen-bond donors (Lipinski definition) is 1. The van der Waals surface area contributed by atoms with Crippen molar-refractivity contribution in [2.75, 3.05) is 0 Å². The molecule has 0 spiro atoms. The Hall–Kier alpha value is -3.85. The summed E-state index contributed by atoms with van der Waals surface area (Å²) in [5, 5.41) is 28.9. The Labute approximate surface area is 354 Å². The van der Waals surface area contributed by atoms with Crippen molar-refractivity contribution in [3.05, 3.63) is 127 Å². The van der Waals surface area contributed by atoms with Crippen molar-refractivity contribution in [3.8, 4) is 22.6 Å². The molecule has 0 bridgehead atoms. The SMILES string of the molecule is Cc1ccc(S(=O)(=O)Oc2ccc(N=Nc3ccc(-c4ccc(N=Nc5c(S(=O)(=O)O)cc6cc(S(=O)(=O)[O-])ccc6c5[O-])cc4)cc3)cc2)cc1.[Na+].[Na+]. The summed E-state index contributed by atoms with van der Waals surface area (Å²) < 4.78 is 98.4. The van der Waals surface area contributed by atoms with Gasteiger partial charge in [-0.15, -0.1) is 5.11 Å².